The van der Waals surface area contributed by atoms with Gasteiger partial charge >= 0.3 is 5.97 Å². The highest BCUT2D eigenvalue weighted by atomic mass is 35.5. The van der Waals surface area contributed by atoms with Crippen LogP contribution in [0.25, 0.3) is 17.1 Å². The maximum Gasteiger partial charge on any atom is 0.378 e. The Labute approximate surface area is 171 Å². The fourth-order valence-electron chi connectivity index (χ4n) is 2.82. The summed E-state index contributed by atoms with van der Waals surface area (Å²) in [6, 6.07) is 13.1. The van der Waals surface area contributed by atoms with E-state index in [1.807, 2.05) is 49.4 Å². The van der Waals surface area contributed by atoms with E-state index < -0.39 is 5.97 Å². The number of ether oxygens (including phenoxy) is 1. The van der Waals surface area contributed by atoms with Gasteiger partial charge in [-0.25, -0.2) is 9.78 Å². The molecule has 0 atom stereocenters. The summed E-state index contributed by atoms with van der Waals surface area (Å²) in [5.74, 6) is 1.82. The van der Waals surface area contributed by atoms with E-state index in [2.05, 4.69) is 20.4 Å². The van der Waals surface area contributed by atoms with Gasteiger partial charge in [-0.05, 0) is 42.8 Å². The third kappa shape index (κ3) is 3.93. The number of esters is 1. The number of aromatic nitrogens is 4. The number of methoxy groups -OCH3 is 1. The van der Waals surface area contributed by atoms with Gasteiger partial charge in [0.1, 0.15) is 17.3 Å². The van der Waals surface area contributed by atoms with Crippen molar-refractivity contribution in [1.82, 2.24) is 19.6 Å². The maximum atomic E-state index is 11.8. The summed E-state index contributed by atoms with van der Waals surface area (Å²) in [4.78, 5) is 20.3. The number of anilines is 1. The maximum absolute atomic E-state index is 11.8. The van der Waals surface area contributed by atoms with E-state index >= 15 is 0 Å². The average Bonchev–Trinajstić information content (AvgIpc) is 3.39. The molecule has 0 unspecified atom stereocenters. The van der Waals surface area contributed by atoms with E-state index in [1.165, 1.54) is 11.6 Å². The van der Waals surface area contributed by atoms with E-state index in [0.717, 1.165) is 22.8 Å². The first-order valence-electron chi connectivity index (χ1n) is 9.01. The molecular formula is C20H18ClN5O3. The van der Waals surface area contributed by atoms with Crippen LogP contribution in [-0.2, 0) is 17.7 Å². The summed E-state index contributed by atoms with van der Waals surface area (Å²) >= 11 is 5.94. The lowest BCUT2D eigenvalue weighted by Gasteiger charge is -2.08. The first kappa shape index (κ1) is 18.9. The number of aryl methyl sites for hydroxylation is 1. The van der Waals surface area contributed by atoms with E-state index in [9.17, 15) is 4.79 Å². The number of hydrogen-bond acceptors (Lipinski definition) is 7. The Bertz CT molecular complexity index is 1170. The molecule has 0 bridgehead atoms. The highest BCUT2D eigenvalue weighted by Crippen LogP contribution is 2.24. The van der Waals surface area contributed by atoms with Gasteiger partial charge in [0.25, 0.3) is 11.6 Å². The Morgan fingerprint density at radius 3 is 2.72 bits per heavy atom. The molecule has 0 amide bonds. The van der Waals surface area contributed by atoms with Crippen LogP contribution < -0.4 is 5.32 Å². The molecule has 0 aliphatic rings. The molecule has 3 heterocycles. The van der Waals surface area contributed by atoms with Crippen molar-refractivity contribution in [2.45, 2.75) is 19.9 Å². The molecule has 4 rings (SSSR count). The van der Waals surface area contributed by atoms with Crippen molar-refractivity contribution in [3.63, 3.8) is 0 Å². The van der Waals surface area contributed by atoms with Gasteiger partial charge in [0.05, 0.1) is 13.7 Å². The molecule has 148 valence electrons. The minimum absolute atomic E-state index is 0.0423. The van der Waals surface area contributed by atoms with Gasteiger partial charge < -0.3 is 14.5 Å². The Morgan fingerprint density at radius 1 is 1.21 bits per heavy atom. The van der Waals surface area contributed by atoms with Gasteiger partial charge in [0.2, 0.25) is 0 Å². The first-order valence-corrected chi connectivity index (χ1v) is 9.38. The summed E-state index contributed by atoms with van der Waals surface area (Å²) < 4.78 is 12.1. The second-order valence-electron chi connectivity index (χ2n) is 6.25. The van der Waals surface area contributed by atoms with Gasteiger partial charge in [0, 0.05) is 22.3 Å². The second kappa shape index (κ2) is 7.92. The fourth-order valence-corrected chi connectivity index (χ4v) is 2.95. The second-order valence-corrected chi connectivity index (χ2v) is 6.69. The number of rotatable bonds is 6. The molecule has 1 N–H and O–H groups in total. The number of furan rings is 1. The van der Waals surface area contributed by atoms with Gasteiger partial charge in [-0.3, -0.25) is 0 Å². The summed E-state index contributed by atoms with van der Waals surface area (Å²) in [7, 11) is 1.28. The predicted molar refractivity (Wildman–Crippen MR) is 108 cm³/mol. The lowest BCUT2D eigenvalue weighted by atomic mass is 10.2. The smallest absolute Gasteiger partial charge is 0.378 e. The largest absolute Gasteiger partial charge is 0.463 e. The molecule has 0 fully saturated rings. The van der Waals surface area contributed by atoms with Crippen LogP contribution >= 0.6 is 11.6 Å². The van der Waals surface area contributed by atoms with E-state index in [1.54, 1.807) is 0 Å². The molecule has 0 spiro atoms. The van der Waals surface area contributed by atoms with E-state index in [0.29, 0.717) is 29.6 Å². The zero-order valence-corrected chi connectivity index (χ0v) is 16.6. The molecular weight excluding hydrogens is 394 g/mol. The van der Waals surface area contributed by atoms with Crippen LogP contribution in [0, 0.1) is 0 Å². The van der Waals surface area contributed by atoms with Crippen LogP contribution in [0.2, 0.25) is 5.02 Å². The van der Waals surface area contributed by atoms with Crippen LogP contribution in [0.3, 0.4) is 0 Å². The number of carbonyl (C=O) groups excluding carboxylic acids is 1. The van der Waals surface area contributed by atoms with Crippen molar-refractivity contribution in [1.29, 1.82) is 0 Å². The fraction of sp³-hybridized carbons (Fsp3) is 0.200. The summed E-state index contributed by atoms with van der Waals surface area (Å²) in [5, 5.41) is 8.15. The quantitative estimate of drug-likeness (QED) is 0.479. The molecule has 0 aliphatic carbocycles. The zero-order valence-electron chi connectivity index (χ0n) is 15.8. The van der Waals surface area contributed by atoms with Crippen LogP contribution in [-0.4, -0.2) is 32.7 Å². The molecule has 0 radical (unpaired) electrons. The Morgan fingerprint density at radius 2 is 2.00 bits per heavy atom. The molecule has 0 aliphatic heterocycles. The lowest BCUT2D eigenvalue weighted by molar-refractivity contribution is 0.0587. The monoisotopic (exact) mass is 411 g/mol. The standard InChI is InChI=1S/C20H18ClN5O3/c1-3-14-10-17(26-20(23-14)24-18(25-26)19(27)28-2)22-11-15-8-9-16(29-15)12-4-6-13(21)7-5-12/h4-10,22H,3,11H2,1-2H3. The number of nitrogens with zero attached hydrogens (tertiary/aromatic N) is 4. The molecule has 8 nitrogen and oxygen atoms in total. The average molecular weight is 412 g/mol. The molecule has 0 saturated heterocycles. The van der Waals surface area contributed by atoms with Crippen molar-refractivity contribution in [3.8, 4) is 11.3 Å². The summed E-state index contributed by atoms with van der Waals surface area (Å²) in [5.41, 5.74) is 1.77. The topological polar surface area (TPSA) is 94.5 Å². The Kier molecular flexibility index (Phi) is 5.18. The zero-order chi connectivity index (χ0) is 20.4. The predicted octanol–water partition coefficient (Wildman–Crippen LogP) is 4.00. The minimum atomic E-state index is -0.613. The third-order valence-electron chi connectivity index (χ3n) is 4.33. The van der Waals surface area contributed by atoms with Crippen molar-refractivity contribution in [2.75, 3.05) is 12.4 Å². The highest BCUT2D eigenvalue weighted by molar-refractivity contribution is 6.30. The minimum Gasteiger partial charge on any atom is -0.463 e. The SMILES string of the molecule is CCc1cc(NCc2ccc(-c3ccc(Cl)cc3)o2)n2nc(C(=O)OC)nc2n1. The van der Waals surface area contributed by atoms with Gasteiger partial charge in [-0.1, -0.05) is 18.5 Å². The van der Waals surface area contributed by atoms with Gasteiger partial charge in [-0.2, -0.15) is 9.50 Å². The van der Waals surface area contributed by atoms with E-state index in [4.69, 9.17) is 20.8 Å². The van der Waals surface area contributed by atoms with Crippen molar-refractivity contribution in [3.05, 3.63) is 64.8 Å². The van der Waals surface area contributed by atoms with Crippen molar-refractivity contribution >= 4 is 29.2 Å². The molecule has 3 aromatic heterocycles. The van der Waals surface area contributed by atoms with Crippen LogP contribution in [0.15, 0.2) is 46.9 Å². The number of hydrogen-bond donors (Lipinski definition) is 1. The highest BCUT2D eigenvalue weighted by Gasteiger charge is 2.17. The number of benzene rings is 1. The number of carbonyl (C=O) groups is 1. The van der Waals surface area contributed by atoms with Crippen LogP contribution in [0.4, 0.5) is 5.82 Å². The molecule has 29 heavy (non-hydrogen) atoms. The number of fused-ring (bicyclic) bond motifs is 1. The lowest BCUT2D eigenvalue weighted by Crippen LogP contribution is -2.08. The molecule has 1 aromatic carbocycles. The molecule has 4 aromatic rings. The van der Waals surface area contributed by atoms with Crippen molar-refractivity contribution < 1.29 is 13.9 Å². The first-order chi connectivity index (χ1) is 14.1. The Hall–Kier alpha value is -3.39. The summed E-state index contributed by atoms with van der Waals surface area (Å²) in [6.45, 7) is 2.41. The van der Waals surface area contributed by atoms with Gasteiger partial charge in [0.15, 0.2) is 0 Å². The molecule has 0 saturated carbocycles. The van der Waals surface area contributed by atoms with Crippen LogP contribution in [0.1, 0.15) is 29.0 Å². The van der Waals surface area contributed by atoms with E-state index in [-0.39, 0.29) is 5.82 Å². The van der Waals surface area contributed by atoms with Crippen molar-refractivity contribution in [2.24, 2.45) is 0 Å². The number of nitrogens with one attached hydrogen (secondary N) is 1. The molecule has 9 heteroatoms. The number of halogens is 1. The Balaban J connectivity index is 1.58. The normalized spacial score (nSPS) is 11.0. The van der Waals surface area contributed by atoms with Gasteiger partial charge in [-0.15, -0.1) is 5.10 Å². The third-order valence-corrected chi connectivity index (χ3v) is 4.58. The van der Waals surface area contributed by atoms with Crippen LogP contribution in [0.5, 0.6) is 0 Å². The summed E-state index contributed by atoms with van der Waals surface area (Å²) in [6.07, 6.45) is 0.715.